The van der Waals surface area contributed by atoms with Crippen LogP contribution >= 0.6 is 0 Å². The fourth-order valence-corrected chi connectivity index (χ4v) is 2.54. The molecule has 2 heterocycles. The van der Waals surface area contributed by atoms with Crippen molar-refractivity contribution in [2.45, 2.75) is 44.0 Å². The van der Waals surface area contributed by atoms with Crippen molar-refractivity contribution in [1.82, 2.24) is 15.2 Å². The summed E-state index contributed by atoms with van der Waals surface area (Å²) in [6.07, 6.45) is 4.03. The van der Waals surface area contributed by atoms with E-state index in [9.17, 15) is 9.90 Å². The number of aliphatic hydroxyl groups is 1. The molecule has 5 nitrogen and oxygen atoms in total. The van der Waals surface area contributed by atoms with E-state index in [0.717, 1.165) is 18.5 Å². The lowest BCUT2D eigenvalue weighted by Crippen LogP contribution is -2.44. The zero-order valence-corrected chi connectivity index (χ0v) is 10.8. The van der Waals surface area contributed by atoms with Crippen LogP contribution in [0.3, 0.4) is 0 Å². The topological polar surface area (TPSA) is 65.5 Å². The molecule has 2 atom stereocenters. The number of amides is 1. The van der Waals surface area contributed by atoms with Gasteiger partial charge in [0.25, 0.3) is 0 Å². The van der Waals surface area contributed by atoms with Crippen molar-refractivity contribution >= 4 is 5.91 Å². The number of hydrogen-bond donors (Lipinski definition) is 2. The average Bonchev–Trinajstić information content (AvgIpc) is 3.18. The lowest BCUT2D eigenvalue weighted by molar-refractivity contribution is -0.134. The number of rotatable bonds is 4. The highest BCUT2D eigenvalue weighted by atomic mass is 16.3. The summed E-state index contributed by atoms with van der Waals surface area (Å²) in [6.45, 7) is 1.08. The fourth-order valence-electron chi connectivity index (χ4n) is 2.54. The normalized spacial score (nSPS) is 26.4. The first-order valence-electron chi connectivity index (χ1n) is 6.86. The Balaban J connectivity index is 1.69. The zero-order chi connectivity index (χ0) is 13.2. The van der Waals surface area contributed by atoms with Gasteiger partial charge in [-0.25, -0.2) is 0 Å². The largest absolute Gasteiger partial charge is 0.392 e. The molecule has 1 aromatic heterocycles. The third kappa shape index (κ3) is 2.93. The Kier molecular flexibility index (Phi) is 3.48. The average molecular weight is 261 g/mol. The molecule has 0 bridgehead atoms. The molecule has 1 amide bonds. The minimum Gasteiger partial charge on any atom is -0.392 e. The zero-order valence-electron chi connectivity index (χ0n) is 10.8. The first-order chi connectivity index (χ1) is 9.24. The third-order valence-electron chi connectivity index (χ3n) is 3.73. The molecule has 2 N–H and O–H groups in total. The second-order valence-corrected chi connectivity index (χ2v) is 5.37. The van der Waals surface area contributed by atoms with Crippen LogP contribution in [0.5, 0.6) is 0 Å². The van der Waals surface area contributed by atoms with E-state index in [1.807, 2.05) is 23.1 Å². The van der Waals surface area contributed by atoms with Crippen molar-refractivity contribution in [3.8, 4) is 0 Å². The van der Waals surface area contributed by atoms with E-state index in [4.69, 9.17) is 0 Å². The number of aromatic nitrogens is 1. The van der Waals surface area contributed by atoms with Gasteiger partial charge < -0.3 is 15.3 Å². The summed E-state index contributed by atoms with van der Waals surface area (Å²) in [5, 5.41) is 12.6. The number of carbonyl (C=O) groups excluding carboxylic acids is 1. The van der Waals surface area contributed by atoms with Crippen molar-refractivity contribution < 1.29 is 9.90 Å². The third-order valence-corrected chi connectivity index (χ3v) is 3.73. The van der Waals surface area contributed by atoms with Gasteiger partial charge in [0.15, 0.2) is 0 Å². The summed E-state index contributed by atoms with van der Waals surface area (Å²) < 4.78 is 0. The summed E-state index contributed by atoms with van der Waals surface area (Å²) >= 11 is 0. The molecule has 1 saturated heterocycles. The smallest absolute Gasteiger partial charge is 0.240 e. The maximum Gasteiger partial charge on any atom is 0.240 e. The van der Waals surface area contributed by atoms with E-state index in [0.29, 0.717) is 25.6 Å². The molecule has 0 spiro atoms. The van der Waals surface area contributed by atoms with Crippen LogP contribution in [0.1, 0.15) is 25.0 Å². The number of carbonyl (C=O) groups is 1. The molecule has 0 aromatic carbocycles. The van der Waals surface area contributed by atoms with Gasteiger partial charge in [-0.3, -0.25) is 9.78 Å². The van der Waals surface area contributed by atoms with Crippen molar-refractivity contribution in [1.29, 1.82) is 0 Å². The van der Waals surface area contributed by atoms with Gasteiger partial charge in [-0.2, -0.15) is 0 Å². The van der Waals surface area contributed by atoms with Crippen molar-refractivity contribution in [3.05, 3.63) is 30.1 Å². The Morgan fingerprint density at radius 1 is 1.47 bits per heavy atom. The summed E-state index contributed by atoms with van der Waals surface area (Å²) in [4.78, 5) is 18.7. The van der Waals surface area contributed by atoms with Crippen LogP contribution in [0, 0.1) is 0 Å². The lowest BCUT2D eigenvalue weighted by atomic mass is 10.1. The van der Waals surface area contributed by atoms with E-state index < -0.39 is 6.10 Å². The van der Waals surface area contributed by atoms with Crippen LogP contribution < -0.4 is 5.32 Å². The number of pyridine rings is 1. The van der Waals surface area contributed by atoms with E-state index in [1.165, 1.54) is 0 Å². The van der Waals surface area contributed by atoms with Gasteiger partial charge in [-0.05, 0) is 31.4 Å². The Bertz CT molecular complexity index is 447. The molecule has 1 aliphatic carbocycles. The molecule has 2 aliphatic rings. The first-order valence-corrected chi connectivity index (χ1v) is 6.86. The summed E-state index contributed by atoms with van der Waals surface area (Å²) in [6, 6.07) is 5.88. The molecule has 1 saturated carbocycles. The second kappa shape index (κ2) is 5.27. The van der Waals surface area contributed by atoms with Crippen LogP contribution in [0.4, 0.5) is 0 Å². The van der Waals surface area contributed by atoms with Crippen molar-refractivity contribution in [3.63, 3.8) is 0 Å². The molecule has 1 aromatic rings. The number of aliphatic hydroxyl groups excluding tert-OH is 1. The summed E-state index contributed by atoms with van der Waals surface area (Å²) in [5.41, 5.74) is 0.918. The summed E-state index contributed by atoms with van der Waals surface area (Å²) in [5.74, 6) is 0.102. The van der Waals surface area contributed by atoms with Gasteiger partial charge in [-0.1, -0.05) is 6.07 Å². The number of nitrogens with zero attached hydrogens (tertiary/aromatic N) is 2. The van der Waals surface area contributed by atoms with Crippen molar-refractivity contribution in [2.75, 3.05) is 6.54 Å². The molecule has 19 heavy (non-hydrogen) atoms. The maximum absolute atomic E-state index is 12.5. The van der Waals surface area contributed by atoms with Gasteiger partial charge in [0.2, 0.25) is 5.91 Å². The van der Waals surface area contributed by atoms with Crippen LogP contribution in [0.15, 0.2) is 24.4 Å². The van der Waals surface area contributed by atoms with E-state index in [2.05, 4.69) is 10.3 Å². The fraction of sp³-hybridized carbons (Fsp3) is 0.571. The quantitative estimate of drug-likeness (QED) is 0.818. The Morgan fingerprint density at radius 2 is 2.32 bits per heavy atom. The highest BCUT2D eigenvalue weighted by Gasteiger charge is 2.38. The molecule has 3 rings (SSSR count). The van der Waals surface area contributed by atoms with Crippen LogP contribution in [0.2, 0.25) is 0 Å². The molecular formula is C14H19N3O2. The molecule has 0 radical (unpaired) electrons. The predicted molar refractivity (Wildman–Crippen MR) is 70.2 cm³/mol. The standard InChI is InChI=1S/C14H19N3O2/c18-12-7-13(16-8-12)14(19)17(11-4-5-11)9-10-3-1-2-6-15-10/h1-3,6,11-13,16,18H,4-5,7-9H2. The molecule has 5 heteroatoms. The number of hydrogen-bond acceptors (Lipinski definition) is 4. The minimum absolute atomic E-state index is 0.102. The van der Waals surface area contributed by atoms with E-state index >= 15 is 0 Å². The highest BCUT2D eigenvalue weighted by Crippen LogP contribution is 2.29. The summed E-state index contributed by atoms with van der Waals surface area (Å²) in [7, 11) is 0. The van der Waals surface area contributed by atoms with Crippen molar-refractivity contribution in [2.24, 2.45) is 0 Å². The van der Waals surface area contributed by atoms with Gasteiger partial charge >= 0.3 is 0 Å². The van der Waals surface area contributed by atoms with E-state index in [-0.39, 0.29) is 11.9 Å². The lowest BCUT2D eigenvalue weighted by Gasteiger charge is -2.25. The minimum atomic E-state index is -0.398. The van der Waals surface area contributed by atoms with Crippen LogP contribution in [0.25, 0.3) is 0 Å². The molecule has 1 aliphatic heterocycles. The monoisotopic (exact) mass is 261 g/mol. The number of nitrogens with one attached hydrogen (secondary N) is 1. The van der Waals surface area contributed by atoms with Gasteiger partial charge in [0, 0.05) is 18.8 Å². The van der Waals surface area contributed by atoms with Crippen LogP contribution in [-0.2, 0) is 11.3 Å². The number of β-amino-alcohol motifs (C(OH)–C–C–N with tert-alkyl or cyclic N) is 1. The second-order valence-electron chi connectivity index (χ2n) is 5.37. The van der Waals surface area contributed by atoms with Gasteiger partial charge in [-0.15, -0.1) is 0 Å². The SMILES string of the molecule is O=C(C1CC(O)CN1)N(Cc1ccccn1)C1CC1. The maximum atomic E-state index is 12.5. The highest BCUT2D eigenvalue weighted by molar-refractivity contribution is 5.82. The first kappa shape index (κ1) is 12.6. The predicted octanol–water partition coefficient (Wildman–Crippen LogP) is 0.295. The van der Waals surface area contributed by atoms with Gasteiger partial charge in [0.1, 0.15) is 0 Å². The molecule has 2 fully saturated rings. The van der Waals surface area contributed by atoms with E-state index in [1.54, 1.807) is 6.20 Å². The van der Waals surface area contributed by atoms with Crippen LogP contribution in [-0.4, -0.2) is 45.6 Å². The molecule has 2 unspecified atom stereocenters. The van der Waals surface area contributed by atoms with Gasteiger partial charge in [0.05, 0.1) is 24.4 Å². The molecular weight excluding hydrogens is 242 g/mol. The Labute approximate surface area is 112 Å². The molecule has 102 valence electrons. The Morgan fingerprint density at radius 3 is 2.89 bits per heavy atom. The Hall–Kier alpha value is -1.46.